The van der Waals surface area contributed by atoms with Gasteiger partial charge in [0.15, 0.2) is 0 Å². The number of unbranched alkanes of at least 4 members (excludes halogenated alkanes) is 12. The fourth-order valence-electron chi connectivity index (χ4n) is 4.28. The van der Waals surface area contributed by atoms with E-state index in [1.807, 2.05) is 21.1 Å². The zero-order chi connectivity index (χ0) is 22.0. The van der Waals surface area contributed by atoms with E-state index in [-0.39, 0.29) is 0 Å². The Labute approximate surface area is 183 Å². The fraction of sp³-hybridized carbons (Fsp3) is 0.920. The van der Waals surface area contributed by atoms with E-state index >= 15 is 0 Å². The number of allylic oxidation sites excluding steroid dienone is 2. The van der Waals surface area contributed by atoms with Crippen molar-refractivity contribution in [2.24, 2.45) is 0 Å². The molecular weight excluding hydrogens is 377 g/mol. The Morgan fingerprint density at radius 2 is 1.07 bits per heavy atom. The van der Waals surface area contributed by atoms with Crippen LogP contribution in [0.2, 0.25) is 0 Å². The fourth-order valence-corrected chi connectivity index (χ4v) is 5.52. The first-order chi connectivity index (χ1) is 13.8. The highest BCUT2D eigenvalue weighted by molar-refractivity contribution is 7.32. The minimum Gasteiger partial charge on any atom is -0.314 e. The van der Waals surface area contributed by atoms with Gasteiger partial charge in [0.2, 0.25) is 5.28 Å². The monoisotopic (exact) mass is 428 g/mol. The molecule has 0 heterocycles. The van der Waals surface area contributed by atoms with E-state index in [0.29, 0.717) is 4.48 Å². The largest absolute Gasteiger partial charge is 0.378 e. The molecule has 0 N–H and O–H groups in total. The van der Waals surface area contributed by atoms with Gasteiger partial charge in [0, 0.05) is 12.8 Å². The summed E-state index contributed by atoms with van der Waals surface area (Å²) in [5.74, 6) is 0. The normalized spacial score (nSPS) is 14.4. The zero-order valence-corrected chi connectivity index (χ0v) is 21.3. The first kappa shape index (κ1) is 28.6. The first-order valence-electron chi connectivity index (χ1n) is 12.4. The van der Waals surface area contributed by atoms with E-state index in [4.69, 9.17) is 0 Å². The molecule has 0 fully saturated rings. The Morgan fingerprint density at radius 1 is 0.621 bits per heavy atom. The summed E-state index contributed by atoms with van der Waals surface area (Å²) in [6, 6.07) is 0. The molecule has 0 aromatic rings. The molecule has 4 heteroatoms. The van der Waals surface area contributed by atoms with Crippen LogP contribution in [0.1, 0.15) is 123 Å². The summed E-state index contributed by atoms with van der Waals surface area (Å²) in [4.78, 5) is 0. The lowest BCUT2D eigenvalue weighted by molar-refractivity contribution is -0.908. The summed E-state index contributed by atoms with van der Waals surface area (Å²) < 4.78 is 24.6. The van der Waals surface area contributed by atoms with Gasteiger partial charge < -0.3 is 4.48 Å². The molecule has 0 rings (SSSR count). The van der Waals surface area contributed by atoms with Gasteiger partial charge in [0.05, 0.1) is 21.1 Å². The molecule has 0 saturated carbocycles. The highest BCUT2D eigenvalue weighted by atomic mass is 31.1. The molecule has 1 unspecified atom stereocenters. The molecule has 0 aliphatic carbocycles. The van der Waals surface area contributed by atoms with Gasteiger partial charge in [0.1, 0.15) is 0 Å². The molecule has 0 radical (unpaired) electrons. The van der Waals surface area contributed by atoms with Crippen LogP contribution in [-0.4, -0.2) is 30.9 Å². The maximum atomic E-state index is 12.1. The quantitative estimate of drug-likeness (QED) is 0.0840. The number of hydrogen-bond acceptors (Lipinski definition) is 2. The second-order valence-corrected chi connectivity index (χ2v) is 11.0. The zero-order valence-electron chi connectivity index (χ0n) is 20.4. The summed E-state index contributed by atoms with van der Waals surface area (Å²) in [5.41, 5.74) is 0. The van der Waals surface area contributed by atoms with E-state index < -0.39 is 13.0 Å². The summed E-state index contributed by atoms with van der Waals surface area (Å²) in [6.45, 7) is 4.36. The van der Waals surface area contributed by atoms with Gasteiger partial charge in [-0.25, -0.2) is 9.13 Å². The van der Waals surface area contributed by atoms with Crippen LogP contribution in [0.5, 0.6) is 0 Å². The molecule has 0 saturated heterocycles. The summed E-state index contributed by atoms with van der Waals surface area (Å²) >= 11 is 0. The lowest BCUT2D eigenvalue weighted by Crippen LogP contribution is -2.53. The van der Waals surface area contributed by atoms with Crippen molar-refractivity contribution in [1.82, 2.24) is 0 Å². The Kier molecular flexibility index (Phi) is 17.1. The van der Waals surface area contributed by atoms with Crippen molar-refractivity contribution < 1.29 is 13.6 Å². The van der Waals surface area contributed by atoms with E-state index in [9.17, 15) is 9.13 Å². The average Bonchev–Trinajstić information content (AvgIpc) is 2.65. The molecule has 0 bridgehead atoms. The van der Waals surface area contributed by atoms with Gasteiger partial charge in [-0.2, -0.15) is 0 Å². The highest BCUT2D eigenvalue weighted by Gasteiger charge is 2.47. The molecule has 0 spiro atoms. The minimum absolute atomic E-state index is 0.515. The summed E-state index contributed by atoms with van der Waals surface area (Å²) in [6.07, 6.45) is 25.3. The second-order valence-electron chi connectivity index (χ2n) is 9.69. The molecule has 29 heavy (non-hydrogen) atoms. The van der Waals surface area contributed by atoms with E-state index in [2.05, 4.69) is 26.0 Å². The third kappa shape index (κ3) is 12.8. The second kappa shape index (κ2) is 17.3. The van der Waals surface area contributed by atoms with Crippen LogP contribution >= 0.6 is 7.68 Å². The van der Waals surface area contributed by atoms with Crippen LogP contribution in [0, 0.1) is 0 Å². The third-order valence-electron chi connectivity index (χ3n) is 6.33. The van der Waals surface area contributed by atoms with E-state index in [0.717, 1.165) is 32.1 Å². The molecule has 0 aliphatic heterocycles. The molecule has 0 aromatic heterocycles. The van der Waals surface area contributed by atoms with Gasteiger partial charge in [-0.05, 0) is 38.5 Å². The van der Waals surface area contributed by atoms with Gasteiger partial charge in [-0.3, -0.25) is 0 Å². The van der Waals surface area contributed by atoms with Gasteiger partial charge in [-0.1, -0.05) is 83.8 Å². The van der Waals surface area contributed by atoms with Crippen molar-refractivity contribution in [3.8, 4) is 0 Å². The van der Waals surface area contributed by atoms with Crippen molar-refractivity contribution in [1.29, 1.82) is 0 Å². The van der Waals surface area contributed by atoms with Gasteiger partial charge >= 0.3 is 7.68 Å². The molecule has 0 aliphatic rings. The Balaban J connectivity index is 3.79. The van der Waals surface area contributed by atoms with Crippen molar-refractivity contribution in [3.05, 3.63) is 12.2 Å². The van der Waals surface area contributed by atoms with Crippen LogP contribution in [0.3, 0.4) is 0 Å². The maximum absolute atomic E-state index is 12.1. The summed E-state index contributed by atoms with van der Waals surface area (Å²) in [7, 11) is 3.65. The Bertz CT molecular complexity index is 472. The first-order valence-corrected chi connectivity index (χ1v) is 13.6. The Morgan fingerprint density at radius 3 is 1.48 bits per heavy atom. The van der Waals surface area contributed by atoms with Crippen LogP contribution in [0.15, 0.2) is 12.2 Å². The average molecular weight is 429 g/mol. The lowest BCUT2D eigenvalue weighted by Gasteiger charge is -2.41. The SMILES string of the molecule is CCCCCCCCCCC=CCCCCCCC(CCC)(P(=O)=O)[N+](C)(C)C. The topological polar surface area (TPSA) is 34.1 Å². The lowest BCUT2D eigenvalue weighted by atomic mass is 9.99. The van der Waals surface area contributed by atoms with Crippen molar-refractivity contribution in [2.75, 3.05) is 21.1 Å². The highest BCUT2D eigenvalue weighted by Crippen LogP contribution is 2.44. The smallest absolute Gasteiger partial charge is 0.314 e. The predicted octanol–water partition coefficient (Wildman–Crippen LogP) is 8.79. The molecule has 1 atom stereocenters. The van der Waals surface area contributed by atoms with Crippen LogP contribution < -0.4 is 0 Å². The number of nitrogens with zero attached hydrogens (tertiary/aromatic N) is 1. The van der Waals surface area contributed by atoms with Gasteiger partial charge in [0.25, 0.3) is 0 Å². The number of rotatable bonds is 20. The third-order valence-corrected chi connectivity index (χ3v) is 8.05. The molecule has 0 amide bonds. The molecule has 0 aromatic carbocycles. The number of hydrogen-bond donors (Lipinski definition) is 0. The van der Waals surface area contributed by atoms with E-state index in [1.54, 1.807) is 0 Å². The van der Waals surface area contributed by atoms with E-state index in [1.165, 1.54) is 77.0 Å². The summed E-state index contributed by atoms with van der Waals surface area (Å²) in [5, 5.41) is -0.597. The van der Waals surface area contributed by atoms with Crippen LogP contribution in [0.25, 0.3) is 0 Å². The van der Waals surface area contributed by atoms with Gasteiger partial charge in [-0.15, -0.1) is 0 Å². The van der Waals surface area contributed by atoms with Crippen molar-refractivity contribution >= 4 is 7.68 Å². The minimum atomic E-state index is -2.42. The van der Waals surface area contributed by atoms with Crippen molar-refractivity contribution in [2.45, 2.75) is 128 Å². The maximum Gasteiger partial charge on any atom is 0.378 e. The predicted molar refractivity (Wildman–Crippen MR) is 128 cm³/mol. The molecule has 172 valence electrons. The standard InChI is InChI=1S/C25H51NO2P/c1-6-8-9-10-11-12-13-14-15-16-17-18-19-20-21-22-24-25(23-7-2,29(27)28)26(3,4)5/h16-17H,6-15,18-24H2,1-5H3/q+1. The number of quaternary nitrogens is 1. The van der Waals surface area contributed by atoms with Crippen LogP contribution in [0.4, 0.5) is 0 Å². The van der Waals surface area contributed by atoms with Crippen molar-refractivity contribution in [3.63, 3.8) is 0 Å². The van der Waals surface area contributed by atoms with Crippen LogP contribution in [-0.2, 0) is 9.13 Å². The molecule has 3 nitrogen and oxygen atoms in total. The Hall–Kier alpha value is -0.400. The molecular formula is C25H51NO2P+.